The van der Waals surface area contributed by atoms with Crippen molar-refractivity contribution >= 4 is 23.2 Å². The Morgan fingerprint density at radius 2 is 1.86 bits per heavy atom. The highest BCUT2D eigenvalue weighted by molar-refractivity contribution is 5.94. The third-order valence-corrected chi connectivity index (χ3v) is 6.17. The van der Waals surface area contributed by atoms with Crippen molar-refractivity contribution in [1.82, 2.24) is 24.8 Å². The van der Waals surface area contributed by atoms with Crippen molar-refractivity contribution in [2.24, 2.45) is 0 Å². The summed E-state index contributed by atoms with van der Waals surface area (Å²) in [5.41, 5.74) is 4.04. The molecule has 0 atom stereocenters. The average molecular weight is 487 g/mol. The van der Waals surface area contributed by atoms with E-state index in [9.17, 15) is 4.79 Å². The Labute approximate surface area is 210 Å². The van der Waals surface area contributed by atoms with Gasteiger partial charge in [0.15, 0.2) is 5.65 Å². The largest absolute Gasteiger partial charge is 0.497 e. The zero-order chi connectivity index (χ0) is 24.7. The Bertz CT molecular complexity index is 1310. The molecule has 1 aliphatic heterocycles. The normalized spacial score (nSPS) is 14.0. The Morgan fingerprint density at radius 1 is 1.06 bits per heavy atom. The molecule has 2 aromatic heterocycles. The molecule has 9 heteroatoms. The zero-order valence-corrected chi connectivity index (χ0v) is 20.3. The van der Waals surface area contributed by atoms with E-state index in [1.165, 1.54) is 0 Å². The number of methoxy groups -OCH3 is 1. The molecule has 0 aliphatic carbocycles. The smallest absolute Gasteiger partial charge is 0.251 e. The van der Waals surface area contributed by atoms with Crippen LogP contribution in [0.15, 0.2) is 66.7 Å². The van der Waals surface area contributed by atoms with Gasteiger partial charge in [-0.25, -0.2) is 4.52 Å². The fourth-order valence-corrected chi connectivity index (χ4v) is 4.22. The molecule has 9 nitrogen and oxygen atoms in total. The van der Waals surface area contributed by atoms with Crippen molar-refractivity contribution in [2.75, 3.05) is 51.8 Å². The monoisotopic (exact) mass is 486 g/mol. The van der Waals surface area contributed by atoms with Crippen LogP contribution in [0.3, 0.4) is 0 Å². The molecule has 2 N–H and O–H groups in total. The van der Waals surface area contributed by atoms with Gasteiger partial charge >= 0.3 is 0 Å². The number of carbonyl (C=O) groups excluding carboxylic acids is 1. The number of anilines is 2. The van der Waals surface area contributed by atoms with Crippen LogP contribution in [0.1, 0.15) is 16.8 Å². The van der Waals surface area contributed by atoms with Gasteiger partial charge in [-0.1, -0.05) is 18.2 Å². The minimum atomic E-state index is -0.0719. The number of rotatable bonds is 9. The maximum atomic E-state index is 12.5. The summed E-state index contributed by atoms with van der Waals surface area (Å²) in [6.45, 7) is 5.13. The molecule has 186 valence electrons. The van der Waals surface area contributed by atoms with Crippen LogP contribution in [-0.2, 0) is 4.74 Å². The second-order valence-electron chi connectivity index (χ2n) is 8.61. The van der Waals surface area contributed by atoms with Gasteiger partial charge in [-0.05, 0) is 61.5 Å². The highest BCUT2D eigenvalue weighted by Gasteiger charge is 2.12. The van der Waals surface area contributed by atoms with Gasteiger partial charge < -0.3 is 20.1 Å². The first-order valence-electron chi connectivity index (χ1n) is 12.2. The molecule has 2 aromatic carbocycles. The molecule has 4 aromatic rings. The van der Waals surface area contributed by atoms with Gasteiger partial charge in [-0.2, -0.15) is 4.98 Å². The van der Waals surface area contributed by atoms with Crippen molar-refractivity contribution in [1.29, 1.82) is 0 Å². The second-order valence-corrected chi connectivity index (χ2v) is 8.61. The molecular formula is C27H30N6O3. The summed E-state index contributed by atoms with van der Waals surface area (Å²) in [6, 6.07) is 21.0. The maximum Gasteiger partial charge on any atom is 0.251 e. The quantitative estimate of drug-likeness (QED) is 0.349. The molecule has 0 bridgehead atoms. The standard InChI is InChI=1S/C27H30N6O3/c1-35-23-6-2-5-21(19-23)24-7-3-8-25-30-27(31-33(24)25)29-22-11-9-20(10-12-22)26(34)28-13-4-14-32-15-17-36-18-16-32/h2-3,5-12,19H,4,13-18H2,1H3,(H,28,34)(H,29,31). The van der Waals surface area contributed by atoms with Crippen molar-refractivity contribution in [2.45, 2.75) is 6.42 Å². The van der Waals surface area contributed by atoms with E-state index in [0.717, 1.165) is 67.6 Å². The van der Waals surface area contributed by atoms with E-state index in [-0.39, 0.29) is 5.91 Å². The van der Waals surface area contributed by atoms with E-state index in [4.69, 9.17) is 9.47 Å². The first-order valence-corrected chi connectivity index (χ1v) is 12.2. The second kappa shape index (κ2) is 11.2. The Morgan fingerprint density at radius 3 is 2.67 bits per heavy atom. The highest BCUT2D eigenvalue weighted by Crippen LogP contribution is 2.25. The van der Waals surface area contributed by atoms with Crippen LogP contribution in [0, 0.1) is 0 Å². The summed E-state index contributed by atoms with van der Waals surface area (Å²) in [7, 11) is 1.65. The first kappa shape index (κ1) is 23.8. The SMILES string of the molecule is COc1cccc(-c2cccc3nc(Nc4ccc(C(=O)NCCCN5CCOCC5)cc4)nn23)c1. The van der Waals surface area contributed by atoms with Gasteiger partial charge in [0.05, 0.1) is 26.0 Å². The third kappa shape index (κ3) is 5.64. The topological polar surface area (TPSA) is 93.0 Å². The summed E-state index contributed by atoms with van der Waals surface area (Å²) in [4.78, 5) is 19.5. The number of pyridine rings is 1. The summed E-state index contributed by atoms with van der Waals surface area (Å²) in [6.07, 6.45) is 0.919. The molecule has 1 saturated heterocycles. The van der Waals surface area contributed by atoms with E-state index < -0.39 is 0 Å². The van der Waals surface area contributed by atoms with Gasteiger partial charge in [0, 0.05) is 36.4 Å². The molecule has 1 aliphatic rings. The zero-order valence-electron chi connectivity index (χ0n) is 20.3. The highest BCUT2D eigenvalue weighted by atomic mass is 16.5. The van der Waals surface area contributed by atoms with Crippen LogP contribution in [-0.4, -0.2) is 71.9 Å². The Kier molecular flexibility index (Phi) is 7.39. The predicted molar refractivity (Wildman–Crippen MR) is 139 cm³/mol. The molecule has 3 heterocycles. The summed E-state index contributed by atoms with van der Waals surface area (Å²) in [5, 5.41) is 10.9. The van der Waals surface area contributed by atoms with Crippen molar-refractivity contribution in [3.8, 4) is 17.0 Å². The van der Waals surface area contributed by atoms with Crippen LogP contribution >= 0.6 is 0 Å². The van der Waals surface area contributed by atoms with Gasteiger partial charge in [-0.15, -0.1) is 5.10 Å². The van der Waals surface area contributed by atoms with E-state index >= 15 is 0 Å². The molecule has 0 unspecified atom stereocenters. The van der Waals surface area contributed by atoms with Gasteiger partial charge in [0.2, 0.25) is 5.95 Å². The van der Waals surface area contributed by atoms with Crippen LogP contribution in [0.5, 0.6) is 5.75 Å². The maximum absolute atomic E-state index is 12.5. The van der Waals surface area contributed by atoms with E-state index in [2.05, 4.69) is 25.6 Å². The summed E-state index contributed by atoms with van der Waals surface area (Å²) in [5.74, 6) is 1.19. The molecule has 0 saturated carbocycles. The van der Waals surface area contributed by atoms with E-state index in [1.807, 2.05) is 54.6 Å². The number of hydrogen-bond acceptors (Lipinski definition) is 7. The van der Waals surface area contributed by atoms with Crippen molar-refractivity contribution in [3.05, 3.63) is 72.3 Å². The lowest BCUT2D eigenvalue weighted by Crippen LogP contribution is -2.38. The summed E-state index contributed by atoms with van der Waals surface area (Å²) >= 11 is 0. The number of fused-ring (bicyclic) bond motifs is 1. The number of carbonyl (C=O) groups is 1. The number of morpholine rings is 1. The fraction of sp³-hybridized carbons (Fsp3) is 0.296. The van der Waals surface area contributed by atoms with Crippen LogP contribution in [0.25, 0.3) is 16.9 Å². The lowest BCUT2D eigenvalue weighted by Gasteiger charge is -2.26. The average Bonchev–Trinajstić information content (AvgIpc) is 3.34. The van der Waals surface area contributed by atoms with Gasteiger partial charge in [-0.3, -0.25) is 9.69 Å². The number of nitrogens with zero attached hydrogens (tertiary/aromatic N) is 4. The Hall–Kier alpha value is -3.95. The number of nitrogens with one attached hydrogen (secondary N) is 2. The predicted octanol–water partition coefficient (Wildman–Crippen LogP) is 3.60. The number of benzene rings is 2. The van der Waals surface area contributed by atoms with Gasteiger partial charge in [0.25, 0.3) is 5.91 Å². The number of ether oxygens (including phenoxy) is 2. The molecule has 1 amide bonds. The molecular weight excluding hydrogens is 456 g/mol. The molecule has 1 fully saturated rings. The number of hydrogen-bond donors (Lipinski definition) is 2. The Balaban J connectivity index is 1.20. The first-order chi connectivity index (χ1) is 17.7. The van der Waals surface area contributed by atoms with E-state index in [1.54, 1.807) is 23.8 Å². The number of aromatic nitrogens is 3. The molecule has 5 rings (SSSR count). The number of amides is 1. The molecule has 0 spiro atoms. The fourth-order valence-electron chi connectivity index (χ4n) is 4.22. The minimum absolute atomic E-state index is 0.0719. The lowest BCUT2D eigenvalue weighted by atomic mass is 10.1. The van der Waals surface area contributed by atoms with E-state index in [0.29, 0.717) is 18.1 Å². The summed E-state index contributed by atoms with van der Waals surface area (Å²) < 4.78 is 12.5. The van der Waals surface area contributed by atoms with Crippen molar-refractivity contribution in [3.63, 3.8) is 0 Å². The van der Waals surface area contributed by atoms with Gasteiger partial charge in [0.1, 0.15) is 5.75 Å². The van der Waals surface area contributed by atoms with Crippen LogP contribution in [0.2, 0.25) is 0 Å². The minimum Gasteiger partial charge on any atom is -0.497 e. The third-order valence-electron chi connectivity index (χ3n) is 6.17. The van der Waals surface area contributed by atoms with Crippen LogP contribution in [0.4, 0.5) is 11.6 Å². The van der Waals surface area contributed by atoms with Crippen molar-refractivity contribution < 1.29 is 14.3 Å². The molecule has 36 heavy (non-hydrogen) atoms. The lowest BCUT2D eigenvalue weighted by molar-refractivity contribution is 0.0374. The molecule has 0 radical (unpaired) electrons. The van der Waals surface area contributed by atoms with Crippen LogP contribution < -0.4 is 15.4 Å².